The summed E-state index contributed by atoms with van der Waals surface area (Å²) in [5, 5.41) is 0. The number of benzene rings is 1. The maximum absolute atomic E-state index is 5.69. The molecule has 0 heterocycles. The molecule has 13 heavy (non-hydrogen) atoms. The van der Waals surface area contributed by atoms with Crippen molar-refractivity contribution in [1.82, 2.24) is 0 Å². The fraction of sp³-hybridized carbons (Fsp3) is 0.167. The zero-order chi connectivity index (χ0) is 9.84. The van der Waals surface area contributed by atoms with Crippen LogP contribution in [0.1, 0.15) is 25.0 Å². The summed E-state index contributed by atoms with van der Waals surface area (Å²) in [5.74, 6) is 2.60. The van der Waals surface area contributed by atoms with E-state index in [9.17, 15) is 0 Å². The minimum absolute atomic E-state index is 0.828. The molecule has 1 rings (SSSR count). The first-order valence-electron chi connectivity index (χ1n) is 4.15. The van der Waals surface area contributed by atoms with Crippen molar-refractivity contribution in [2.24, 2.45) is 5.73 Å². The van der Waals surface area contributed by atoms with Crippen molar-refractivity contribution >= 4 is 5.57 Å². The standard InChI is InChI=1S/C12H13N/c1-4-11-6-5-7-12(8-11)9(2)10(3)13/h1,5-8H,13H2,2-3H3/b10-9-. The van der Waals surface area contributed by atoms with Gasteiger partial charge in [-0.25, -0.2) is 0 Å². The zero-order valence-corrected chi connectivity index (χ0v) is 7.96. The molecule has 0 unspecified atom stereocenters. The van der Waals surface area contributed by atoms with Crippen LogP contribution in [0.25, 0.3) is 5.57 Å². The van der Waals surface area contributed by atoms with Gasteiger partial charge in [0, 0.05) is 11.3 Å². The molecule has 0 saturated carbocycles. The molecule has 66 valence electrons. The second-order valence-corrected chi connectivity index (χ2v) is 3.03. The van der Waals surface area contributed by atoms with Crippen molar-refractivity contribution in [3.63, 3.8) is 0 Å². The van der Waals surface area contributed by atoms with Gasteiger partial charge in [-0.3, -0.25) is 0 Å². The topological polar surface area (TPSA) is 26.0 Å². The lowest BCUT2D eigenvalue weighted by molar-refractivity contribution is 1.30. The average Bonchev–Trinajstić information content (AvgIpc) is 2.16. The van der Waals surface area contributed by atoms with E-state index in [1.165, 1.54) is 0 Å². The van der Waals surface area contributed by atoms with Gasteiger partial charge >= 0.3 is 0 Å². The van der Waals surface area contributed by atoms with Crippen molar-refractivity contribution < 1.29 is 0 Å². The maximum atomic E-state index is 5.69. The van der Waals surface area contributed by atoms with E-state index < -0.39 is 0 Å². The molecule has 2 N–H and O–H groups in total. The van der Waals surface area contributed by atoms with Crippen LogP contribution in [0.5, 0.6) is 0 Å². The first-order valence-corrected chi connectivity index (χ1v) is 4.15. The highest BCUT2D eigenvalue weighted by Gasteiger charge is 1.97. The molecule has 0 amide bonds. The Balaban J connectivity index is 3.19. The molecule has 0 saturated heterocycles. The molecule has 1 heteroatoms. The zero-order valence-electron chi connectivity index (χ0n) is 7.96. The fourth-order valence-electron chi connectivity index (χ4n) is 1.07. The molecule has 0 bridgehead atoms. The Morgan fingerprint density at radius 1 is 1.38 bits per heavy atom. The lowest BCUT2D eigenvalue weighted by atomic mass is 10.0. The SMILES string of the molecule is C#Cc1cccc(/C(C)=C(/C)N)c1. The molecule has 0 aliphatic carbocycles. The van der Waals surface area contributed by atoms with Crippen LogP contribution in [-0.2, 0) is 0 Å². The van der Waals surface area contributed by atoms with E-state index >= 15 is 0 Å². The molecule has 0 radical (unpaired) electrons. The summed E-state index contributed by atoms with van der Waals surface area (Å²) < 4.78 is 0. The van der Waals surface area contributed by atoms with E-state index in [1.54, 1.807) is 0 Å². The third-order valence-corrected chi connectivity index (χ3v) is 2.05. The van der Waals surface area contributed by atoms with E-state index in [0.29, 0.717) is 0 Å². The number of nitrogens with two attached hydrogens (primary N) is 1. The number of hydrogen-bond acceptors (Lipinski definition) is 1. The van der Waals surface area contributed by atoms with Gasteiger partial charge in [0.25, 0.3) is 0 Å². The van der Waals surface area contributed by atoms with E-state index in [2.05, 4.69) is 5.92 Å². The average molecular weight is 171 g/mol. The molecule has 1 aromatic carbocycles. The Morgan fingerprint density at radius 2 is 2.08 bits per heavy atom. The largest absolute Gasteiger partial charge is 0.402 e. The van der Waals surface area contributed by atoms with E-state index in [1.807, 2.05) is 38.1 Å². The highest BCUT2D eigenvalue weighted by molar-refractivity contribution is 5.67. The van der Waals surface area contributed by atoms with E-state index in [4.69, 9.17) is 12.2 Å². The van der Waals surface area contributed by atoms with Crippen molar-refractivity contribution in [3.05, 3.63) is 41.1 Å². The van der Waals surface area contributed by atoms with Gasteiger partial charge in [-0.2, -0.15) is 0 Å². The molecular weight excluding hydrogens is 158 g/mol. The minimum atomic E-state index is 0.828. The summed E-state index contributed by atoms with van der Waals surface area (Å²) >= 11 is 0. The van der Waals surface area contributed by atoms with E-state index in [-0.39, 0.29) is 0 Å². The Morgan fingerprint density at radius 3 is 2.62 bits per heavy atom. The normalized spacial score (nSPS) is 11.8. The first-order chi connectivity index (χ1) is 6.15. The Hall–Kier alpha value is -1.68. The first kappa shape index (κ1) is 9.41. The highest BCUT2D eigenvalue weighted by atomic mass is 14.6. The molecule has 0 aliphatic heterocycles. The second kappa shape index (κ2) is 3.82. The fourth-order valence-corrected chi connectivity index (χ4v) is 1.07. The Kier molecular flexibility index (Phi) is 2.76. The third-order valence-electron chi connectivity index (χ3n) is 2.05. The van der Waals surface area contributed by atoms with Crippen molar-refractivity contribution in [2.75, 3.05) is 0 Å². The van der Waals surface area contributed by atoms with Crippen LogP contribution < -0.4 is 5.73 Å². The highest BCUT2D eigenvalue weighted by Crippen LogP contribution is 2.16. The maximum Gasteiger partial charge on any atom is 0.0248 e. The van der Waals surface area contributed by atoms with Crippen LogP contribution in [0.4, 0.5) is 0 Å². The van der Waals surface area contributed by atoms with E-state index in [0.717, 1.165) is 22.4 Å². The van der Waals surface area contributed by atoms with Crippen LogP contribution in [-0.4, -0.2) is 0 Å². The summed E-state index contributed by atoms with van der Waals surface area (Å²) in [6, 6.07) is 7.82. The Labute approximate surface area is 79.3 Å². The van der Waals surface area contributed by atoms with Gasteiger partial charge in [0.1, 0.15) is 0 Å². The van der Waals surface area contributed by atoms with Crippen LogP contribution in [0.3, 0.4) is 0 Å². The summed E-state index contributed by atoms with van der Waals surface area (Å²) in [7, 11) is 0. The van der Waals surface area contributed by atoms with Gasteiger partial charge in [0.15, 0.2) is 0 Å². The minimum Gasteiger partial charge on any atom is -0.402 e. The molecule has 0 aromatic heterocycles. The molecule has 1 aromatic rings. The van der Waals surface area contributed by atoms with Crippen LogP contribution in [0, 0.1) is 12.3 Å². The molecule has 0 atom stereocenters. The summed E-state index contributed by atoms with van der Waals surface area (Å²) in [4.78, 5) is 0. The predicted molar refractivity (Wildman–Crippen MR) is 56.8 cm³/mol. The Bertz CT molecular complexity index is 376. The molecule has 0 fully saturated rings. The van der Waals surface area contributed by atoms with Crippen LogP contribution >= 0.6 is 0 Å². The smallest absolute Gasteiger partial charge is 0.0248 e. The lowest BCUT2D eigenvalue weighted by Gasteiger charge is -2.04. The summed E-state index contributed by atoms with van der Waals surface area (Å²) in [6.07, 6.45) is 5.30. The van der Waals surface area contributed by atoms with Crippen molar-refractivity contribution in [2.45, 2.75) is 13.8 Å². The predicted octanol–water partition coefficient (Wildman–Crippen LogP) is 2.38. The number of terminal acetylenes is 1. The van der Waals surface area contributed by atoms with Gasteiger partial charge in [-0.15, -0.1) is 6.42 Å². The number of hydrogen-bond donors (Lipinski definition) is 1. The monoisotopic (exact) mass is 171 g/mol. The summed E-state index contributed by atoms with van der Waals surface area (Å²) in [5.41, 5.74) is 9.58. The second-order valence-electron chi connectivity index (χ2n) is 3.03. The van der Waals surface area contributed by atoms with Crippen LogP contribution in [0.15, 0.2) is 30.0 Å². The quantitative estimate of drug-likeness (QED) is 0.645. The van der Waals surface area contributed by atoms with Gasteiger partial charge in [0.2, 0.25) is 0 Å². The summed E-state index contributed by atoms with van der Waals surface area (Å²) in [6.45, 7) is 3.88. The number of allylic oxidation sites excluding steroid dienone is 2. The van der Waals surface area contributed by atoms with Crippen LogP contribution in [0.2, 0.25) is 0 Å². The molecule has 1 nitrogen and oxygen atoms in total. The molecule has 0 spiro atoms. The molecule has 0 aliphatic rings. The van der Waals surface area contributed by atoms with Gasteiger partial charge in [0.05, 0.1) is 0 Å². The lowest BCUT2D eigenvalue weighted by Crippen LogP contribution is -1.95. The molecular formula is C12H13N. The third kappa shape index (κ3) is 2.13. The van der Waals surface area contributed by atoms with Crippen molar-refractivity contribution in [3.8, 4) is 12.3 Å². The number of rotatable bonds is 1. The van der Waals surface area contributed by atoms with Gasteiger partial charge in [-0.05, 0) is 37.1 Å². The van der Waals surface area contributed by atoms with Crippen molar-refractivity contribution in [1.29, 1.82) is 0 Å². The van der Waals surface area contributed by atoms with Gasteiger partial charge in [-0.1, -0.05) is 18.1 Å². The van der Waals surface area contributed by atoms with Gasteiger partial charge < -0.3 is 5.73 Å².